The van der Waals surface area contributed by atoms with Gasteiger partial charge in [-0.1, -0.05) is 29.3 Å². The lowest BCUT2D eigenvalue weighted by Crippen LogP contribution is -2.45. The van der Waals surface area contributed by atoms with Gasteiger partial charge < -0.3 is 10.1 Å². The number of sulfonamides is 1. The number of halogens is 3. The molecule has 1 aliphatic carbocycles. The molecule has 1 aliphatic heterocycles. The molecule has 0 radical (unpaired) electrons. The highest BCUT2D eigenvalue weighted by Gasteiger charge is 2.39. The molecule has 3 rings (SSSR count). The van der Waals surface area contributed by atoms with E-state index in [1.807, 2.05) is 6.07 Å². The second kappa shape index (κ2) is 7.87. The highest BCUT2D eigenvalue weighted by molar-refractivity contribution is 7.90. The van der Waals surface area contributed by atoms with Crippen molar-refractivity contribution in [3.8, 4) is 0 Å². The molecule has 0 bridgehead atoms. The van der Waals surface area contributed by atoms with Crippen LogP contribution in [0, 0.1) is 0 Å². The number of hydrogen-bond acceptors (Lipinski definition) is 4. The monoisotopic (exact) mass is 400 g/mol. The van der Waals surface area contributed by atoms with Crippen LogP contribution in [-0.2, 0) is 14.8 Å². The number of nitrogens with one attached hydrogen (secondary N) is 2. The average molecular weight is 402 g/mol. The minimum Gasteiger partial charge on any atom is -0.370 e. The van der Waals surface area contributed by atoms with Crippen molar-refractivity contribution < 1.29 is 13.2 Å². The summed E-state index contributed by atoms with van der Waals surface area (Å²) in [6.07, 6.45) is 1.07. The Bertz CT molecular complexity index is 653. The van der Waals surface area contributed by atoms with Crippen molar-refractivity contribution >= 4 is 45.6 Å². The third-order valence-electron chi connectivity index (χ3n) is 3.86. The Hall–Kier alpha value is -0.0800. The molecule has 1 aromatic carbocycles. The van der Waals surface area contributed by atoms with Crippen molar-refractivity contribution in [3.63, 3.8) is 0 Å². The van der Waals surface area contributed by atoms with Crippen LogP contribution in [0.25, 0.3) is 0 Å². The Morgan fingerprint density at radius 1 is 1.22 bits per heavy atom. The molecule has 0 amide bonds. The fraction of sp³-hybridized carbons (Fsp3) is 0.571. The largest absolute Gasteiger partial charge is 0.370 e. The lowest BCUT2D eigenvalue weighted by molar-refractivity contribution is 0.0493. The first-order chi connectivity index (χ1) is 10.5. The van der Waals surface area contributed by atoms with Crippen LogP contribution in [0.2, 0.25) is 10.0 Å². The number of hydrogen-bond donors (Lipinski definition) is 2. The van der Waals surface area contributed by atoms with Gasteiger partial charge in [0, 0.05) is 13.1 Å². The molecule has 2 N–H and O–H groups in total. The Labute approximate surface area is 152 Å². The fourth-order valence-electron chi connectivity index (χ4n) is 2.55. The molecule has 9 heteroatoms. The molecule has 1 aromatic rings. The smallest absolute Gasteiger partial charge is 0.214 e. The molecule has 23 heavy (non-hydrogen) atoms. The third kappa shape index (κ3) is 4.72. The first-order valence-corrected chi connectivity index (χ1v) is 9.56. The van der Waals surface area contributed by atoms with Crippen LogP contribution in [0.1, 0.15) is 24.5 Å². The van der Waals surface area contributed by atoms with E-state index in [1.54, 1.807) is 12.1 Å². The summed E-state index contributed by atoms with van der Waals surface area (Å²) in [6.45, 7) is 1.70. The van der Waals surface area contributed by atoms with E-state index in [9.17, 15) is 8.42 Å². The van der Waals surface area contributed by atoms with Crippen LogP contribution in [0.4, 0.5) is 0 Å². The van der Waals surface area contributed by atoms with Gasteiger partial charge in [-0.05, 0) is 30.5 Å². The molecule has 1 saturated heterocycles. The highest BCUT2D eigenvalue weighted by Crippen LogP contribution is 2.32. The third-order valence-corrected chi connectivity index (χ3v) is 6.58. The highest BCUT2D eigenvalue weighted by atomic mass is 35.5. The van der Waals surface area contributed by atoms with E-state index in [-0.39, 0.29) is 23.7 Å². The number of ether oxygens (including phenoxy) is 1. The summed E-state index contributed by atoms with van der Waals surface area (Å²) >= 11 is 12.0. The van der Waals surface area contributed by atoms with Crippen molar-refractivity contribution in [1.82, 2.24) is 10.0 Å². The van der Waals surface area contributed by atoms with Crippen LogP contribution in [0.15, 0.2) is 18.2 Å². The molecular formula is C14H19Cl3N2O3S. The Kier molecular flexibility index (Phi) is 6.58. The Morgan fingerprint density at radius 3 is 2.61 bits per heavy atom. The van der Waals surface area contributed by atoms with Crippen molar-refractivity contribution in [2.75, 3.05) is 19.7 Å². The standard InChI is InChI=1S/C14H18Cl2N2O3S.ClH/c15-11-4-1-9(7-12(11)16)14-13(8-17-5-6-21-14)18-22(19,20)10-2-3-10;/h1,4,7,10,13-14,17-18H,2-3,5-6,8H2;1H/t13-,14+;/m1./s1. The van der Waals surface area contributed by atoms with Crippen LogP contribution in [-0.4, -0.2) is 39.4 Å². The van der Waals surface area contributed by atoms with Gasteiger partial charge in [-0.3, -0.25) is 0 Å². The van der Waals surface area contributed by atoms with E-state index < -0.39 is 16.1 Å². The normalized spacial score (nSPS) is 25.5. The van der Waals surface area contributed by atoms with E-state index in [0.29, 0.717) is 29.7 Å². The fourth-order valence-corrected chi connectivity index (χ4v) is 4.43. The van der Waals surface area contributed by atoms with Gasteiger partial charge in [0.1, 0.15) is 6.10 Å². The maximum Gasteiger partial charge on any atom is 0.214 e. The van der Waals surface area contributed by atoms with Crippen molar-refractivity contribution in [3.05, 3.63) is 33.8 Å². The summed E-state index contributed by atoms with van der Waals surface area (Å²) in [4.78, 5) is 0. The van der Waals surface area contributed by atoms with E-state index in [1.165, 1.54) is 0 Å². The summed E-state index contributed by atoms with van der Waals surface area (Å²) in [5.41, 5.74) is 0.821. The van der Waals surface area contributed by atoms with Crippen LogP contribution in [0.3, 0.4) is 0 Å². The maximum absolute atomic E-state index is 12.2. The van der Waals surface area contributed by atoms with Gasteiger partial charge >= 0.3 is 0 Å². The predicted octanol–water partition coefficient (Wildman–Crippen LogP) is 2.53. The van der Waals surface area contributed by atoms with Gasteiger partial charge in [-0.25, -0.2) is 13.1 Å². The minimum absolute atomic E-state index is 0. The first kappa shape index (κ1) is 19.2. The van der Waals surface area contributed by atoms with Crippen LogP contribution >= 0.6 is 35.6 Å². The summed E-state index contributed by atoms with van der Waals surface area (Å²) in [6, 6.07) is 4.89. The molecule has 0 spiro atoms. The summed E-state index contributed by atoms with van der Waals surface area (Å²) in [7, 11) is -3.29. The Balaban J connectivity index is 0.00000192. The van der Waals surface area contributed by atoms with E-state index >= 15 is 0 Å². The summed E-state index contributed by atoms with van der Waals surface area (Å²) < 4.78 is 33.1. The van der Waals surface area contributed by atoms with Gasteiger partial charge in [0.15, 0.2) is 0 Å². The molecule has 0 unspecified atom stereocenters. The van der Waals surface area contributed by atoms with Crippen LogP contribution in [0.5, 0.6) is 0 Å². The van der Waals surface area contributed by atoms with Crippen molar-refractivity contribution in [2.45, 2.75) is 30.2 Å². The van der Waals surface area contributed by atoms with Gasteiger partial charge in [-0.15, -0.1) is 12.4 Å². The van der Waals surface area contributed by atoms with Gasteiger partial charge in [0.2, 0.25) is 10.0 Å². The molecule has 2 aliphatic rings. The molecule has 5 nitrogen and oxygen atoms in total. The lowest BCUT2D eigenvalue weighted by Gasteiger charge is -2.26. The maximum atomic E-state index is 12.2. The van der Waals surface area contributed by atoms with E-state index in [2.05, 4.69) is 10.0 Å². The molecule has 1 saturated carbocycles. The van der Waals surface area contributed by atoms with Crippen LogP contribution < -0.4 is 10.0 Å². The topological polar surface area (TPSA) is 67.4 Å². The first-order valence-electron chi connectivity index (χ1n) is 7.26. The molecular weight excluding hydrogens is 383 g/mol. The summed E-state index contributed by atoms with van der Waals surface area (Å²) in [5, 5.41) is 3.83. The van der Waals surface area contributed by atoms with E-state index in [0.717, 1.165) is 18.4 Å². The zero-order valence-electron chi connectivity index (χ0n) is 12.3. The quantitative estimate of drug-likeness (QED) is 0.813. The zero-order chi connectivity index (χ0) is 15.7. The van der Waals surface area contributed by atoms with Crippen molar-refractivity contribution in [1.29, 1.82) is 0 Å². The zero-order valence-corrected chi connectivity index (χ0v) is 15.4. The SMILES string of the molecule is Cl.O=S(=O)(N[C@@H]1CNCCO[C@H]1c1ccc(Cl)c(Cl)c1)C1CC1. The molecule has 2 atom stereocenters. The second-order valence-electron chi connectivity index (χ2n) is 5.64. The second-order valence-corrected chi connectivity index (χ2v) is 8.44. The molecule has 1 heterocycles. The summed E-state index contributed by atoms with van der Waals surface area (Å²) in [5.74, 6) is 0. The van der Waals surface area contributed by atoms with E-state index in [4.69, 9.17) is 27.9 Å². The Morgan fingerprint density at radius 2 is 1.96 bits per heavy atom. The number of rotatable bonds is 4. The lowest BCUT2D eigenvalue weighted by atomic mass is 10.0. The molecule has 2 fully saturated rings. The van der Waals surface area contributed by atoms with Gasteiger partial charge in [-0.2, -0.15) is 0 Å². The molecule has 0 aromatic heterocycles. The number of benzene rings is 1. The average Bonchev–Trinajstić information content (AvgIpc) is 3.29. The molecule has 130 valence electrons. The predicted molar refractivity (Wildman–Crippen MR) is 94.1 cm³/mol. The van der Waals surface area contributed by atoms with Gasteiger partial charge in [0.25, 0.3) is 0 Å². The minimum atomic E-state index is -3.29. The van der Waals surface area contributed by atoms with Crippen molar-refractivity contribution in [2.24, 2.45) is 0 Å². The van der Waals surface area contributed by atoms with Gasteiger partial charge in [0.05, 0.1) is 27.9 Å².